The Morgan fingerprint density at radius 2 is 1.62 bits per heavy atom. The second-order valence-electron chi connectivity index (χ2n) is 5.40. The van der Waals surface area contributed by atoms with Crippen LogP contribution >= 0.6 is 0 Å². The monoisotopic (exact) mass is 344 g/mol. The summed E-state index contributed by atoms with van der Waals surface area (Å²) in [5.74, 6) is 0.533. The summed E-state index contributed by atoms with van der Waals surface area (Å²) in [5.41, 5.74) is 1.08. The van der Waals surface area contributed by atoms with Crippen LogP contribution in [0, 0.1) is 0 Å². The Morgan fingerprint density at radius 3 is 2.25 bits per heavy atom. The number of methoxy groups -OCH3 is 2. The molecule has 0 spiro atoms. The van der Waals surface area contributed by atoms with Crippen molar-refractivity contribution in [2.45, 2.75) is 4.90 Å². The van der Waals surface area contributed by atoms with Gasteiger partial charge in [0.05, 0.1) is 24.9 Å². The molecule has 6 heteroatoms. The lowest BCUT2D eigenvalue weighted by Gasteiger charge is -2.18. The zero-order valence-corrected chi connectivity index (χ0v) is 14.1. The van der Waals surface area contributed by atoms with E-state index in [4.69, 9.17) is 9.47 Å². The van der Waals surface area contributed by atoms with E-state index in [9.17, 15) is 13.2 Å². The molecule has 2 aromatic carbocycles. The molecule has 0 fully saturated rings. The minimum atomic E-state index is -3.53. The predicted octanol–water partition coefficient (Wildman–Crippen LogP) is 2.76. The first-order valence-corrected chi connectivity index (χ1v) is 8.90. The summed E-state index contributed by atoms with van der Waals surface area (Å²) in [6.45, 7) is 0. The van der Waals surface area contributed by atoms with Gasteiger partial charge < -0.3 is 9.47 Å². The summed E-state index contributed by atoms with van der Waals surface area (Å²) in [7, 11) is -0.475. The summed E-state index contributed by atoms with van der Waals surface area (Å²) >= 11 is 0. The van der Waals surface area contributed by atoms with Gasteiger partial charge in [-0.15, -0.1) is 0 Å². The molecule has 1 aliphatic heterocycles. The number of benzene rings is 2. The highest BCUT2D eigenvalue weighted by molar-refractivity contribution is 7.91. The molecule has 0 saturated heterocycles. The van der Waals surface area contributed by atoms with Crippen LogP contribution in [0.25, 0.3) is 6.08 Å². The molecule has 5 nitrogen and oxygen atoms in total. The topological polar surface area (TPSA) is 69.7 Å². The zero-order valence-electron chi connectivity index (χ0n) is 13.3. The molecule has 24 heavy (non-hydrogen) atoms. The first-order chi connectivity index (χ1) is 11.4. The summed E-state index contributed by atoms with van der Waals surface area (Å²) in [6.07, 6.45) is 1.57. The average Bonchev–Trinajstić information content (AvgIpc) is 2.59. The molecule has 0 saturated carbocycles. The summed E-state index contributed by atoms with van der Waals surface area (Å²) in [4.78, 5) is 12.7. The van der Waals surface area contributed by atoms with Gasteiger partial charge in [0, 0.05) is 17.2 Å². The van der Waals surface area contributed by atoms with Gasteiger partial charge in [0.25, 0.3) is 0 Å². The second-order valence-corrected chi connectivity index (χ2v) is 7.36. The third kappa shape index (κ3) is 2.92. The molecule has 0 bridgehead atoms. The van der Waals surface area contributed by atoms with Crippen molar-refractivity contribution in [2.24, 2.45) is 0 Å². The van der Waals surface area contributed by atoms with Gasteiger partial charge in [-0.2, -0.15) is 0 Å². The molecule has 0 aliphatic carbocycles. The molecule has 2 aromatic rings. The van der Waals surface area contributed by atoms with Gasteiger partial charge in [0.1, 0.15) is 11.5 Å². The Kier molecular flexibility index (Phi) is 4.15. The first kappa shape index (κ1) is 16.3. The Morgan fingerprint density at radius 1 is 1.00 bits per heavy atom. The lowest BCUT2D eigenvalue weighted by Crippen LogP contribution is -2.24. The molecule has 0 radical (unpaired) electrons. The number of Topliss-reactive ketones (excluding diaryl/α,β-unsaturated/α-hetero) is 1. The number of hydrogen-bond donors (Lipinski definition) is 0. The fraction of sp³-hybridized carbons (Fsp3) is 0.167. The van der Waals surface area contributed by atoms with Crippen molar-refractivity contribution >= 4 is 21.7 Å². The van der Waals surface area contributed by atoms with E-state index in [1.54, 1.807) is 36.4 Å². The normalized spacial score (nSPS) is 17.4. The lowest BCUT2D eigenvalue weighted by atomic mass is 10.0. The maximum atomic E-state index is 12.6. The number of fused-ring (bicyclic) bond motifs is 1. The van der Waals surface area contributed by atoms with Crippen LogP contribution in [-0.4, -0.2) is 34.2 Å². The number of ether oxygens (including phenoxy) is 2. The molecule has 1 heterocycles. The molecule has 0 unspecified atom stereocenters. The fourth-order valence-corrected chi connectivity index (χ4v) is 4.23. The van der Waals surface area contributed by atoms with E-state index in [0.717, 1.165) is 0 Å². The van der Waals surface area contributed by atoms with Crippen molar-refractivity contribution in [1.29, 1.82) is 0 Å². The Balaban J connectivity index is 2.11. The molecule has 124 valence electrons. The summed E-state index contributed by atoms with van der Waals surface area (Å²) in [5, 5.41) is 0. The van der Waals surface area contributed by atoms with Gasteiger partial charge in [-0.3, -0.25) is 4.79 Å². The highest BCUT2D eigenvalue weighted by Gasteiger charge is 2.32. The van der Waals surface area contributed by atoms with Crippen molar-refractivity contribution in [3.63, 3.8) is 0 Å². The third-order valence-electron chi connectivity index (χ3n) is 3.82. The largest absolute Gasteiger partial charge is 0.497 e. The van der Waals surface area contributed by atoms with Crippen LogP contribution < -0.4 is 9.47 Å². The molecular weight excluding hydrogens is 328 g/mol. The van der Waals surface area contributed by atoms with E-state index in [1.165, 1.54) is 26.4 Å². The van der Waals surface area contributed by atoms with Crippen LogP contribution in [-0.2, 0) is 9.84 Å². The molecule has 3 rings (SSSR count). The van der Waals surface area contributed by atoms with Gasteiger partial charge in [-0.05, 0) is 35.9 Å². The fourth-order valence-electron chi connectivity index (χ4n) is 2.67. The summed E-state index contributed by atoms with van der Waals surface area (Å²) < 4.78 is 35.2. The van der Waals surface area contributed by atoms with Gasteiger partial charge in [-0.25, -0.2) is 8.42 Å². The Bertz CT molecular complexity index is 919. The number of rotatable bonds is 3. The quantitative estimate of drug-likeness (QED) is 0.801. The maximum Gasteiger partial charge on any atom is 0.191 e. The van der Waals surface area contributed by atoms with Crippen molar-refractivity contribution in [2.75, 3.05) is 20.0 Å². The number of carbonyl (C=O) groups is 1. The number of carbonyl (C=O) groups excluding carboxylic acids is 1. The van der Waals surface area contributed by atoms with E-state index in [2.05, 4.69) is 0 Å². The van der Waals surface area contributed by atoms with Crippen molar-refractivity contribution < 1.29 is 22.7 Å². The van der Waals surface area contributed by atoms with Crippen LogP contribution in [0.2, 0.25) is 0 Å². The second kappa shape index (κ2) is 6.13. The lowest BCUT2D eigenvalue weighted by molar-refractivity contribution is 0.103. The van der Waals surface area contributed by atoms with Gasteiger partial charge in [0.2, 0.25) is 0 Å². The van der Waals surface area contributed by atoms with E-state index < -0.39 is 9.84 Å². The molecule has 0 atom stereocenters. The van der Waals surface area contributed by atoms with Crippen LogP contribution in [0.15, 0.2) is 52.9 Å². The molecule has 0 N–H and O–H groups in total. The molecular formula is C18H16O5S. The van der Waals surface area contributed by atoms with Crippen molar-refractivity contribution in [3.05, 3.63) is 59.2 Å². The zero-order chi connectivity index (χ0) is 17.3. The minimum Gasteiger partial charge on any atom is -0.497 e. The summed E-state index contributed by atoms with van der Waals surface area (Å²) in [6, 6.07) is 11.4. The molecule has 1 aliphatic rings. The van der Waals surface area contributed by atoms with E-state index in [1.807, 2.05) is 0 Å². The highest BCUT2D eigenvalue weighted by atomic mass is 32.2. The highest BCUT2D eigenvalue weighted by Crippen LogP contribution is 2.30. The Labute approximate surface area is 140 Å². The van der Waals surface area contributed by atoms with Crippen LogP contribution in [0.5, 0.6) is 11.5 Å². The van der Waals surface area contributed by atoms with E-state index in [0.29, 0.717) is 17.1 Å². The van der Waals surface area contributed by atoms with Gasteiger partial charge in [-0.1, -0.05) is 12.1 Å². The molecule has 0 amide bonds. The number of ketones is 1. The van der Waals surface area contributed by atoms with Gasteiger partial charge >= 0.3 is 0 Å². The van der Waals surface area contributed by atoms with E-state index in [-0.39, 0.29) is 27.6 Å². The maximum absolute atomic E-state index is 12.6. The standard InChI is InChI=1S/C18H16O5S/c1-22-14-8-12(9-15(10-14)23-2)7-13-11-24(20,21)17-6-4-3-5-16(17)18(13)19/h3-10H,11H2,1-2H3/b13-7-. The Hall–Kier alpha value is -2.60. The van der Waals surface area contributed by atoms with Crippen LogP contribution in [0.3, 0.4) is 0 Å². The number of sulfone groups is 1. The van der Waals surface area contributed by atoms with Crippen molar-refractivity contribution in [3.8, 4) is 11.5 Å². The van der Waals surface area contributed by atoms with Crippen molar-refractivity contribution in [1.82, 2.24) is 0 Å². The predicted molar refractivity (Wildman–Crippen MR) is 90.3 cm³/mol. The average molecular weight is 344 g/mol. The first-order valence-electron chi connectivity index (χ1n) is 7.25. The smallest absolute Gasteiger partial charge is 0.191 e. The van der Waals surface area contributed by atoms with Crippen LogP contribution in [0.1, 0.15) is 15.9 Å². The number of hydrogen-bond acceptors (Lipinski definition) is 5. The minimum absolute atomic E-state index is 0.0929. The van der Waals surface area contributed by atoms with Crippen LogP contribution in [0.4, 0.5) is 0 Å². The molecule has 0 aromatic heterocycles. The van der Waals surface area contributed by atoms with E-state index >= 15 is 0 Å². The van der Waals surface area contributed by atoms with Gasteiger partial charge in [0.15, 0.2) is 15.6 Å². The third-order valence-corrected chi connectivity index (χ3v) is 5.54. The SMILES string of the molecule is COc1cc(/C=C2/CS(=O)(=O)c3ccccc3C2=O)cc(OC)c1.